The van der Waals surface area contributed by atoms with Crippen molar-refractivity contribution >= 4 is 23.5 Å². The van der Waals surface area contributed by atoms with Gasteiger partial charge in [0.2, 0.25) is 0 Å². The lowest BCUT2D eigenvalue weighted by atomic mass is 9.72. The van der Waals surface area contributed by atoms with Crippen molar-refractivity contribution in [2.24, 2.45) is 16.4 Å². The lowest BCUT2D eigenvalue weighted by molar-refractivity contribution is 0.0954. The highest BCUT2D eigenvalue weighted by atomic mass is 32.1. The zero-order valence-electron chi connectivity index (χ0n) is 14.7. The molecule has 0 saturated carbocycles. The number of hydrogen-bond acceptors (Lipinski definition) is 4. The second-order valence-corrected chi connectivity index (χ2v) is 8.47. The topological polar surface area (TPSA) is 54.6 Å². The molecule has 24 heavy (non-hydrogen) atoms. The van der Waals surface area contributed by atoms with Crippen LogP contribution in [0.4, 0.5) is 0 Å². The molecule has 0 bridgehead atoms. The summed E-state index contributed by atoms with van der Waals surface area (Å²) in [6.07, 6.45) is 4.72. The fourth-order valence-corrected chi connectivity index (χ4v) is 4.34. The highest BCUT2D eigenvalue weighted by Gasteiger charge is 2.31. The predicted octanol–water partition coefficient (Wildman–Crippen LogP) is 4.56. The summed E-state index contributed by atoms with van der Waals surface area (Å²) < 4.78 is 5.39. The Balaban J connectivity index is 1.67. The molecule has 0 radical (unpaired) electrons. The van der Waals surface area contributed by atoms with E-state index in [0.29, 0.717) is 17.1 Å². The van der Waals surface area contributed by atoms with E-state index in [9.17, 15) is 4.79 Å². The van der Waals surface area contributed by atoms with Gasteiger partial charge in [0.25, 0.3) is 5.91 Å². The first-order valence-electron chi connectivity index (χ1n) is 8.33. The number of fused-ring (bicyclic) bond motifs is 1. The van der Waals surface area contributed by atoms with E-state index in [1.54, 1.807) is 11.3 Å². The molecular formula is C19H24N2O2S. The maximum absolute atomic E-state index is 12.4. The Morgan fingerprint density at radius 2 is 2.21 bits per heavy atom. The number of amides is 1. The second kappa shape index (κ2) is 6.55. The molecule has 1 aliphatic rings. The van der Waals surface area contributed by atoms with E-state index in [2.05, 4.69) is 31.3 Å². The molecule has 1 N–H and O–H groups in total. The van der Waals surface area contributed by atoms with E-state index in [1.807, 2.05) is 24.4 Å². The Morgan fingerprint density at radius 1 is 1.42 bits per heavy atom. The maximum Gasteiger partial charge on any atom is 0.272 e. The molecular weight excluding hydrogens is 320 g/mol. The summed E-state index contributed by atoms with van der Waals surface area (Å²) >= 11 is 1.70. The normalized spacial score (nSPS) is 17.9. The predicted molar refractivity (Wildman–Crippen MR) is 97.8 cm³/mol. The van der Waals surface area contributed by atoms with Crippen molar-refractivity contribution in [3.63, 3.8) is 0 Å². The van der Waals surface area contributed by atoms with Crippen molar-refractivity contribution in [2.45, 2.75) is 47.0 Å². The Kier molecular flexibility index (Phi) is 4.63. The van der Waals surface area contributed by atoms with Gasteiger partial charge in [-0.25, -0.2) is 5.43 Å². The number of nitrogens with one attached hydrogen (secondary N) is 1. The quantitative estimate of drug-likeness (QED) is 0.655. The van der Waals surface area contributed by atoms with Crippen LogP contribution in [0.3, 0.4) is 0 Å². The molecule has 3 rings (SSSR count). The largest absolute Gasteiger partial charge is 0.460 e. The van der Waals surface area contributed by atoms with E-state index >= 15 is 0 Å². The minimum absolute atomic E-state index is 0.138. The number of hydrogen-bond donors (Lipinski definition) is 1. The Morgan fingerprint density at radius 3 is 2.88 bits per heavy atom. The van der Waals surface area contributed by atoms with Crippen molar-refractivity contribution < 1.29 is 9.21 Å². The second-order valence-electron chi connectivity index (χ2n) is 7.50. The molecule has 0 spiro atoms. The Labute approximate surface area is 147 Å². The van der Waals surface area contributed by atoms with Crippen LogP contribution < -0.4 is 5.43 Å². The van der Waals surface area contributed by atoms with Gasteiger partial charge >= 0.3 is 0 Å². The third-order valence-electron chi connectivity index (χ3n) is 4.74. The average molecular weight is 344 g/mol. The summed E-state index contributed by atoms with van der Waals surface area (Å²) in [5.41, 5.74) is 4.91. The van der Waals surface area contributed by atoms with Crippen molar-refractivity contribution in [1.82, 2.24) is 5.43 Å². The molecule has 0 aliphatic heterocycles. The van der Waals surface area contributed by atoms with Gasteiger partial charge < -0.3 is 4.42 Å². The molecule has 0 saturated heterocycles. The number of rotatable bonds is 3. The Hall–Kier alpha value is -1.88. The molecule has 5 heteroatoms. The number of furan rings is 1. The maximum atomic E-state index is 12.4. The van der Waals surface area contributed by atoms with Gasteiger partial charge in [-0.15, -0.1) is 11.3 Å². The smallest absolute Gasteiger partial charge is 0.272 e. The monoisotopic (exact) mass is 344 g/mol. The number of nitrogens with zero attached hydrogens (tertiary/aromatic N) is 1. The van der Waals surface area contributed by atoms with Crippen LogP contribution in [0.2, 0.25) is 0 Å². The van der Waals surface area contributed by atoms with Gasteiger partial charge in [-0.3, -0.25) is 4.79 Å². The molecule has 0 fully saturated rings. The van der Waals surface area contributed by atoms with Gasteiger partial charge in [-0.2, -0.15) is 5.10 Å². The standard InChI is InChI=1S/C19H24N2O2S/c1-12-5-7-14(23-12)10-20-21-18(22)16-11-24-17-9-13(19(2,3)4)6-8-15(16)17/h5,7,10-11,13H,6,8-9H2,1-4H3,(H,21,22)/b20-10-/t13-/m0/s1. The van der Waals surface area contributed by atoms with Crippen LogP contribution in [0, 0.1) is 18.3 Å². The minimum Gasteiger partial charge on any atom is -0.460 e. The van der Waals surface area contributed by atoms with E-state index in [1.165, 1.54) is 16.7 Å². The van der Waals surface area contributed by atoms with Crippen LogP contribution in [0.25, 0.3) is 0 Å². The van der Waals surface area contributed by atoms with Crippen LogP contribution in [0.1, 0.15) is 59.5 Å². The van der Waals surface area contributed by atoms with E-state index in [-0.39, 0.29) is 5.91 Å². The molecule has 2 heterocycles. The van der Waals surface area contributed by atoms with E-state index in [0.717, 1.165) is 30.6 Å². The highest BCUT2D eigenvalue weighted by molar-refractivity contribution is 7.10. The molecule has 0 unspecified atom stereocenters. The van der Waals surface area contributed by atoms with Crippen molar-refractivity contribution in [2.75, 3.05) is 0 Å². The first-order chi connectivity index (χ1) is 11.3. The molecule has 4 nitrogen and oxygen atoms in total. The number of aryl methyl sites for hydroxylation is 1. The summed E-state index contributed by atoms with van der Waals surface area (Å²) in [7, 11) is 0. The van der Waals surface area contributed by atoms with Crippen molar-refractivity contribution in [3.05, 3.63) is 45.0 Å². The van der Waals surface area contributed by atoms with Crippen molar-refractivity contribution in [1.29, 1.82) is 0 Å². The lowest BCUT2D eigenvalue weighted by Crippen LogP contribution is -2.27. The summed E-state index contributed by atoms with van der Waals surface area (Å²) in [5, 5.41) is 5.97. The van der Waals surface area contributed by atoms with Crippen LogP contribution >= 0.6 is 11.3 Å². The third kappa shape index (κ3) is 3.61. The summed E-state index contributed by atoms with van der Waals surface area (Å²) in [6.45, 7) is 8.78. The number of carbonyl (C=O) groups is 1. The van der Waals surface area contributed by atoms with Gasteiger partial charge in [0.15, 0.2) is 0 Å². The van der Waals surface area contributed by atoms with Gasteiger partial charge in [0, 0.05) is 10.3 Å². The number of thiophene rings is 1. The molecule has 1 atom stereocenters. The third-order valence-corrected chi connectivity index (χ3v) is 5.79. The van der Waals surface area contributed by atoms with Crippen LogP contribution in [0.5, 0.6) is 0 Å². The molecule has 1 amide bonds. The van der Waals surface area contributed by atoms with Gasteiger partial charge in [-0.1, -0.05) is 20.8 Å². The first kappa shape index (κ1) is 17.0. The summed E-state index contributed by atoms with van der Waals surface area (Å²) in [5.74, 6) is 2.00. The summed E-state index contributed by atoms with van der Waals surface area (Å²) in [4.78, 5) is 13.8. The number of hydrazone groups is 1. The zero-order chi connectivity index (χ0) is 17.3. The van der Waals surface area contributed by atoms with Gasteiger partial charge in [-0.05, 0) is 55.2 Å². The minimum atomic E-state index is -0.138. The van der Waals surface area contributed by atoms with E-state index in [4.69, 9.17) is 4.42 Å². The molecule has 2 aromatic rings. The van der Waals surface area contributed by atoms with Gasteiger partial charge in [0.05, 0.1) is 11.8 Å². The highest BCUT2D eigenvalue weighted by Crippen LogP contribution is 2.40. The molecule has 1 aliphatic carbocycles. The lowest BCUT2D eigenvalue weighted by Gasteiger charge is -2.33. The van der Waals surface area contributed by atoms with E-state index < -0.39 is 0 Å². The Bertz CT molecular complexity index is 765. The van der Waals surface area contributed by atoms with Crippen molar-refractivity contribution in [3.8, 4) is 0 Å². The molecule has 2 aromatic heterocycles. The first-order valence-corrected chi connectivity index (χ1v) is 9.21. The summed E-state index contributed by atoms with van der Waals surface area (Å²) in [6, 6.07) is 3.69. The number of carbonyl (C=O) groups excluding carboxylic acids is 1. The fraction of sp³-hybridized carbons (Fsp3) is 0.474. The molecule has 128 valence electrons. The van der Waals surface area contributed by atoms with Crippen LogP contribution in [-0.4, -0.2) is 12.1 Å². The molecule has 0 aromatic carbocycles. The zero-order valence-corrected chi connectivity index (χ0v) is 15.5. The van der Waals surface area contributed by atoms with Crippen LogP contribution in [0.15, 0.2) is 27.0 Å². The fourth-order valence-electron chi connectivity index (χ4n) is 3.18. The van der Waals surface area contributed by atoms with Gasteiger partial charge in [0.1, 0.15) is 11.5 Å². The average Bonchev–Trinajstić information content (AvgIpc) is 3.11. The van der Waals surface area contributed by atoms with Crippen LogP contribution in [-0.2, 0) is 12.8 Å². The SMILES string of the molecule is Cc1ccc(/C=N\NC(=O)c2csc3c2CC[C@H](C(C)(C)C)C3)o1.